The normalized spacial score (nSPS) is 21.7. The maximum atomic E-state index is 12.4. The van der Waals surface area contributed by atoms with Gasteiger partial charge in [-0.3, -0.25) is 9.48 Å². The Balaban J connectivity index is 1.73. The summed E-state index contributed by atoms with van der Waals surface area (Å²) in [5.41, 5.74) is 1.04. The van der Waals surface area contributed by atoms with Gasteiger partial charge in [0.15, 0.2) is 0 Å². The van der Waals surface area contributed by atoms with Crippen LogP contribution in [0.1, 0.15) is 46.0 Å². The zero-order valence-electron chi connectivity index (χ0n) is 12.9. The third-order valence-corrected chi connectivity index (χ3v) is 4.91. The van der Waals surface area contributed by atoms with Crippen LogP contribution < -0.4 is 5.32 Å². The van der Waals surface area contributed by atoms with Crippen molar-refractivity contribution in [2.24, 2.45) is 0 Å². The zero-order valence-corrected chi connectivity index (χ0v) is 13.7. The Bertz CT molecular complexity index is 649. The highest BCUT2D eigenvalue weighted by Gasteiger charge is 2.30. The van der Waals surface area contributed by atoms with Crippen LogP contribution in [0.3, 0.4) is 0 Å². The lowest BCUT2D eigenvalue weighted by atomic mass is 9.98. The topological polar surface area (TPSA) is 56.1 Å². The van der Waals surface area contributed by atoms with Gasteiger partial charge in [0.1, 0.15) is 6.10 Å². The molecule has 2 aromatic heterocycles. The molecule has 0 unspecified atom stereocenters. The lowest BCUT2D eigenvalue weighted by molar-refractivity contribution is -0.00946. The fourth-order valence-corrected chi connectivity index (χ4v) is 3.52. The summed E-state index contributed by atoms with van der Waals surface area (Å²) in [7, 11) is 0. The molecule has 1 aliphatic rings. The number of rotatable bonds is 4. The van der Waals surface area contributed by atoms with E-state index in [0.29, 0.717) is 0 Å². The highest BCUT2D eigenvalue weighted by Crippen LogP contribution is 2.28. The zero-order chi connectivity index (χ0) is 15.5. The molecule has 0 saturated carbocycles. The van der Waals surface area contributed by atoms with E-state index in [2.05, 4.69) is 17.3 Å². The molecule has 1 saturated heterocycles. The van der Waals surface area contributed by atoms with E-state index in [1.54, 1.807) is 0 Å². The fraction of sp³-hybridized carbons (Fsp3) is 0.500. The Labute approximate surface area is 134 Å². The van der Waals surface area contributed by atoms with Crippen molar-refractivity contribution in [3.63, 3.8) is 0 Å². The Morgan fingerprint density at radius 1 is 1.55 bits per heavy atom. The summed E-state index contributed by atoms with van der Waals surface area (Å²) in [4.78, 5) is 14.3. The molecule has 1 N–H and O–H groups in total. The monoisotopic (exact) mass is 319 g/mol. The van der Waals surface area contributed by atoms with Crippen molar-refractivity contribution >= 4 is 17.2 Å². The third-order valence-electron chi connectivity index (χ3n) is 3.91. The number of hydrogen-bond donors (Lipinski definition) is 1. The van der Waals surface area contributed by atoms with E-state index in [9.17, 15) is 4.79 Å². The van der Waals surface area contributed by atoms with E-state index in [4.69, 9.17) is 4.74 Å². The predicted octanol–water partition coefficient (Wildman–Crippen LogP) is 2.92. The molecule has 3 heterocycles. The first-order chi connectivity index (χ1) is 10.7. The second-order valence-electron chi connectivity index (χ2n) is 5.55. The number of amides is 1. The third kappa shape index (κ3) is 3.23. The Kier molecular flexibility index (Phi) is 4.59. The number of hydrogen-bond acceptors (Lipinski definition) is 4. The molecule has 1 amide bonds. The Morgan fingerprint density at radius 2 is 2.41 bits per heavy atom. The summed E-state index contributed by atoms with van der Waals surface area (Å²) in [6.45, 7) is 5.62. The van der Waals surface area contributed by atoms with E-state index >= 15 is 0 Å². The largest absolute Gasteiger partial charge is 0.371 e. The maximum Gasteiger partial charge on any atom is 0.261 e. The number of ether oxygens (including phenoxy) is 1. The van der Waals surface area contributed by atoms with Crippen molar-refractivity contribution in [3.05, 3.63) is 39.8 Å². The van der Waals surface area contributed by atoms with Crippen LogP contribution in [0, 0.1) is 6.92 Å². The van der Waals surface area contributed by atoms with Crippen LogP contribution in [0.2, 0.25) is 0 Å². The van der Waals surface area contributed by atoms with Gasteiger partial charge >= 0.3 is 0 Å². The maximum absolute atomic E-state index is 12.4. The summed E-state index contributed by atoms with van der Waals surface area (Å²) >= 11 is 1.52. The van der Waals surface area contributed by atoms with Crippen LogP contribution in [-0.4, -0.2) is 28.3 Å². The number of aromatic nitrogens is 2. The molecule has 22 heavy (non-hydrogen) atoms. The highest BCUT2D eigenvalue weighted by atomic mass is 32.1. The molecule has 0 aromatic carbocycles. The molecular formula is C16H21N3O2S. The molecule has 118 valence electrons. The molecular weight excluding hydrogens is 298 g/mol. The Morgan fingerprint density at radius 3 is 3.09 bits per heavy atom. The van der Waals surface area contributed by atoms with Crippen molar-refractivity contribution in [3.8, 4) is 0 Å². The number of carbonyl (C=O) groups is 1. The standard InChI is InChI=1S/C16H21N3O2S/c1-3-19-10-12(9-17-19)15-13(5-4-8-21-15)18-16(20)14-7-6-11(2)22-14/h6-7,9-10,13,15H,3-5,8H2,1-2H3,(H,18,20)/t13-,15+/m0/s1. The molecule has 0 spiro atoms. The Hall–Kier alpha value is -1.66. The van der Waals surface area contributed by atoms with Crippen molar-refractivity contribution in [2.45, 2.75) is 45.4 Å². The minimum atomic E-state index is -0.112. The van der Waals surface area contributed by atoms with Gasteiger partial charge in [0.2, 0.25) is 0 Å². The van der Waals surface area contributed by atoms with E-state index in [1.165, 1.54) is 11.3 Å². The number of nitrogens with one attached hydrogen (secondary N) is 1. The SMILES string of the molecule is CCn1cc([C@H]2OCCC[C@@H]2NC(=O)c2ccc(C)s2)cn1. The molecule has 3 rings (SSSR count). The molecule has 0 aliphatic carbocycles. The first-order valence-electron chi connectivity index (χ1n) is 7.68. The molecule has 1 fully saturated rings. The van der Waals surface area contributed by atoms with Gasteiger partial charge in [-0.15, -0.1) is 11.3 Å². The average Bonchev–Trinajstić information content (AvgIpc) is 3.16. The van der Waals surface area contributed by atoms with Crippen molar-refractivity contribution in [1.29, 1.82) is 0 Å². The van der Waals surface area contributed by atoms with Crippen LogP contribution in [0.5, 0.6) is 0 Å². The van der Waals surface area contributed by atoms with Gasteiger partial charge in [0.05, 0.1) is 17.1 Å². The summed E-state index contributed by atoms with van der Waals surface area (Å²) in [5.74, 6) is -0.0125. The highest BCUT2D eigenvalue weighted by molar-refractivity contribution is 7.13. The van der Waals surface area contributed by atoms with Gasteiger partial charge in [0, 0.05) is 29.8 Å². The van der Waals surface area contributed by atoms with Crippen molar-refractivity contribution < 1.29 is 9.53 Å². The van der Waals surface area contributed by atoms with Crippen LogP contribution in [0.25, 0.3) is 0 Å². The molecule has 0 bridgehead atoms. The molecule has 5 nitrogen and oxygen atoms in total. The molecule has 1 aliphatic heterocycles. The smallest absolute Gasteiger partial charge is 0.261 e. The van der Waals surface area contributed by atoms with Gasteiger partial charge in [-0.1, -0.05) is 0 Å². The summed E-state index contributed by atoms with van der Waals surface area (Å²) in [6.07, 6.45) is 5.63. The molecule has 0 radical (unpaired) electrons. The number of nitrogens with zero attached hydrogens (tertiary/aromatic N) is 2. The van der Waals surface area contributed by atoms with Crippen LogP contribution >= 0.6 is 11.3 Å². The number of thiophene rings is 1. The summed E-state index contributed by atoms with van der Waals surface area (Å²) in [6, 6.07) is 3.85. The fourth-order valence-electron chi connectivity index (χ4n) is 2.75. The average molecular weight is 319 g/mol. The second-order valence-corrected chi connectivity index (χ2v) is 6.84. The molecule has 6 heteroatoms. The van der Waals surface area contributed by atoms with Gasteiger partial charge in [-0.2, -0.15) is 5.10 Å². The lowest BCUT2D eigenvalue weighted by Gasteiger charge is -2.31. The van der Waals surface area contributed by atoms with Crippen LogP contribution in [0.4, 0.5) is 0 Å². The first kappa shape index (κ1) is 15.2. The number of aryl methyl sites for hydroxylation is 2. The van der Waals surface area contributed by atoms with E-state index < -0.39 is 0 Å². The quantitative estimate of drug-likeness (QED) is 0.942. The minimum absolute atomic E-state index is 0.00170. The second kappa shape index (κ2) is 6.62. The van der Waals surface area contributed by atoms with Gasteiger partial charge in [-0.25, -0.2) is 0 Å². The van der Waals surface area contributed by atoms with E-state index in [1.807, 2.05) is 36.1 Å². The summed E-state index contributed by atoms with van der Waals surface area (Å²) in [5, 5.41) is 7.44. The minimum Gasteiger partial charge on any atom is -0.371 e. The molecule has 2 atom stereocenters. The van der Waals surface area contributed by atoms with Gasteiger partial charge in [-0.05, 0) is 38.8 Å². The van der Waals surface area contributed by atoms with E-state index in [0.717, 1.165) is 41.3 Å². The predicted molar refractivity (Wildman–Crippen MR) is 86.1 cm³/mol. The first-order valence-corrected chi connectivity index (χ1v) is 8.50. The van der Waals surface area contributed by atoms with Crippen molar-refractivity contribution in [1.82, 2.24) is 15.1 Å². The van der Waals surface area contributed by atoms with Gasteiger partial charge in [0.25, 0.3) is 5.91 Å². The lowest BCUT2D eigenvalue weighted by Crippen LogP contribution is -2.42. The van der Waals surface area contributed by atoms with Gasteiger partial charge < -0.3 is 10.1 Å². The van der Waals surface area contributed by atoms with Crippen LogP contribution in [0.15, 0.2) is 24.5 Å². The molecule has 2 aromatic rings. The number of carbonyl (C=O) groups excluding carboxylic acids is 1. The van der Waals surface area contributed by atoms with E-state index in [-0.39, 0.29) is 18.1 Å². The van der Waals surface area contributed by atoms with Crippen LogP contribution in [-0.2, 0) is 11.3 Å². The summed E-state index contributed by atoms with van der Waals surface area (Å²) < 4.78 is 7.80. The van der Waals surface area contributed by atoms with Crippen molar-refractivity contribution in [2.75, 3.05) is 6.61 Å².